The number of benzene rings is 1. The molecule has 7 nitrogen and oxygen atoms in total. The van der Waals surface area contributed by atoms with Gasteiger partial charge >= 0.3 is 0 Å². The average molecular weight is 422 g/mol. The molecule has 0 fully saturated rings. The highest BCUT2D eigenvalue weighted by atomic mass is 32.1. The zero-order valence-electron chi connectivity index (χ0n) is 15.3. The van der Waals surface area contributed by atoms with E-state index >= 15 is 0 Å². The number of fused-ring (bicyclic) bond motifs is 2. The Bertz CT molecular complexity index is 1430. The summed E-state index contributed by atoms with van der Waals surface area (Å²) in [5.74, 6) is -0.319. The lowest BCUT2D eigenvalue weighted by Crippen LogP contribution is -2.27. The Kier molecular flexibility index (Phi) is 4.26. The smallest absolute Gasteiger partial charge is 0.262 e. The maximum atomic E-state index is 12.4. The SMILES string of the molecule is Cc1[nH]c2ccccc2c1-c1csc(NC(=O)Cn2cnc3sccc3c2=O)n1. The number of nitrogens with zero attached hydrogens (tertiary/aromatic N) is 3. The predicted octanol–water partition coefficient (Wildman–Crippen LogP) is 4.01. The van der Waals surface area contributed by atoms with Gasteiger partial charge in [0.2, 0.25) is 5.91 Å². The van der Waals surface area contributed by atoms with Crippen LogP contribution in [-0.4, -0.2) is 25.4 Å². The highest BCUT2D eigenvalue weighted by molar-refractivity contribution is 7.16. The number of amides is 1. The number of nitrogens with one attached hydrogen (secondary N) is 2. The summed E-state index contributed by atoms with van der Waals surface area (Å²) in [7, 11) is 0. The molecule has 29 heavy (non-hydrogen) atoms. The maximum absolute atomic E-state index is 12.4. The number of carbonyl (C=O) groups is 1. The predicted molar refractivity (Wildman–Crippen MR) is 117 cm³/mol. The van der Waals surface area contributed by atoms with Crippen LogP contribution in [0.25, 0.3) is 32.4 Å². The van der Waals surface area contributed by atoms with Crippen LogP contribution in [-0.2, 0) is 11.3 Å². The monoisotopic (exact) mass is 421 g/mol. The van der Waals surface area contributed by atoms with Crippen molar-refractivity contribution in [1.29, 1.82) is 0 Å². The molecule has 0 aliphatic heterocycles. The van der Waals surface area contributed by atoms with Gasteiger partial charge in [-0.15, -0.1) is 22.7 Å². The number of anilines is 1. The van der Waals surface area contributed by atoms with Crippen molar-refractivity contribution < 1.29 is 4.79 Å². The van der Waals surface area contributed by atoms with Gasteiger partial charge in [0.25, 0.3) is 5.56 Å². The fourth-order valence-corrected chi connectivity index (χ4v) is 4.81. The molecule has 2 N–H and O–H groups in total. The van der Waals surface area contributed by atoms with Gasteiger partial charge in [-0.25, -0.2) is 9.97 Å². The van der Waals surface area contributed by atoms with Gasteiger partial charge in [0, 0.05) is 27.5 Å². The maximum Gasteiger partial charge on any atom is 0.262 e. The molecule has 1 amide bonds. The minimum Gasteiger partial charge on any atom is -0.358 e. The molecule has 0 saturated carbocycles. The molecule has 5 rings (SSSR count). The standard InChI is InChI=1S/C20H15N5O2S2/c1-11-17(12-4-2-3-5-14(12)22-11)15-9-29-20(23-15)24-16(26)8-25-10-21-18-13(19(25)27)6-7-28-18/h2-7,9-10,22H,8H2,1H3,(H,23,24,26). The van der Waals surface area contributed by atoms with Crippen LogP contribution in [0.2, 0.25) is 0 Å². The lowest BCUT2D eigenvalue weighted by molar-refractivity contribution is -0.116. The molecule has 0 radical (unpaired) electrons. The first-order chi connectivity index (χ1) is 14.1. The summed E-state index contributed by atoms with van der Waals surface area (Å²) >= 11 is 2.75. The molecular weight excluding hydrogens is 406 g/mol. The van der Waals surface area contributed by atoms with Crippen LogP contribution in [0, 0.1) is 6.92 Å². The van der Waals surface area contributed by atoms with Crippen molar-refractivity contribution in [2.45, 2.75) is 13.5 Å². The average Bonchev–Trinajstić information content (AvgIpc) is 3.41. The largest absolute Gasteiger partial charge is 0.358 e. The molecule has 0 aliphatic carbocycles. The van der Waals surface area contributed by atoms with Crippen LogP contribution < -0.4 is 10.9 Å². The molecule has 0 saturated heterocycles. The quantitative estimate of drug-likeness (QED) is 0.459. The Morgan fingerprint density at radius 2 is 2.07 bits per heavy atom. The van der Waals surface area contributed by atoms with Crippen molar-refractivity contribution in [3.8, 4) is 11.3 Å². The van der Waals surface area contributed by atoms with Crippen molar-refractivity contribution in [1.82, 2.24) is 19.5 Å². The van der Waals surface area contributed by atoms with Gasteiger partial charge in [-0.05, 0) is 24.4 Å². The lowest BCUT2D eigenvalue weighted by Gasteiger charge is -2.05. The number of hydrogen-bond donors (Lipinski definition) is 2. The van der Waals surface area contributed by atoms with Crippen LogP contribution in [0.3, 0.4) is 0 Å². The third-order valence-corrected chi connectivity index (χ3v) is 6.24. The van der Waals surface area contributed by atoms with Gasteiger partial charge in [-0.2, -0.15) is 0 Å². The normalized spacial score (nSPS) is 11.3. The Hall–Kier alpha value is -3.30. The molecule has 0 bridgehead atoms. The highest BCUT2D eigenvalue weighted by Crippen LogP contribution is 2.33. The Morgan fingerprint density at radius 3 is 2.97 bits per heavy atom. The number of H-pyrrole nitrogens is 1. The molecule has 0 aliphatic rings. The molecule has 9 heteroatoms. The summed E-state index contributed by atoms with van der Waals surface area (Å²) in [5.41, 5.74) is 3.69. The van der Waals surface area contributed by atoms with Gasteiger partial charge in [0.15, 0.2) is 5.13 Å². The number of aromatic amines is 1. The van der Waals surface area contributed by atoms with Crippen molar-refractivity contribution in [3.05, 3.63) is 63.5 Å². The summed E-state index contributed by atoms with van der Waals surface area (Å²) in [6.07, 6.45) is 1.41. The van der Waals surface area contributed by atoms with E-state index in [1.807, 2.05) is 41.9 Å². The number of rotatable bonds is 4. The van der Waals surface area contributed by atoms with E-state index < -0.39 is 0 Å². The lowest BCUT2D eigenvalue weighted by atomic mass is 10.1. The van der Waals surface area contributed by atoms with Gasteiger partial charge in [-0.3, -0.25) is 14.2 Å². The molecule has 4 aromatic heterocycles. The topological polar surface area (TPSA) is 92.7 Å². The number of aromatic nitrogens is 4. The van der Waals surface area contributed by atoms with E-state index in [4.69, 9.17) is 0 Å². The van der Waals surface area contributed by atoms with Crippen molar-refractivity contribution >= 4 is 54.8 Å². The Labute approximate surface area is 172 Å². The van der Waals surface area contributed by atoms with Crippen LogP contribution in [0.4, 0.5) is 5.13 Å². The van der Waals surface area contributed by atoms with E-state index in [0.29, 0.717) is 15.3 Å². The number of hydrogen-bond acceptors (Lipinski definition) is 6. The van der Waals surface area contributed by atoms with E-state index in [2.05, 4.69) is 20.3 Å². The van der Waals surface area contributed by atoms with E-state index in [1.54, 1.807) is 6.07 Å². The first kappa shape index (κ1) is 17.8. The van der Waals surface area contributed by atoms with Crippen LogP contribution in [0.15, 0.2) is 52.2 Å². The molecule has 0 atom stereocenters. The second kappa shape index (κ2) is 6.94. The summed E-state index contributed by atoms with van der Waals surface area (Å²) < 4.78 is 1.31. The number of aryl methyl sites for hydroxylation is 1. The fourth-order valence-electron chi connectivity index (χ4n) is 3.37. The van der Waals surface area contributed by atoms with Crippen molar-refractivity contribution in [2.75, 3.05) is 5.32 Å². The highest BCUT2D eigenvalue weighted by Gasteiger charge is 2.15. The molecule has 5 aromatic rings. The second-order valence-electron chi connectivity index (χ2n) is 6.57. The third-order valence-electron chi connectivity index (χ3n) is 4.66. The summed E-state index contributed by atoms with van der Waals surface area (Å²) in [6.45, 7) is 1.89. The zero-order valence-corrected chi connectivity index (χ0v) is 16.9. The molecule has 1 aromatic carbocycles. The Morgan fingerprint density at radius 1 is 1.21 bits per heavy atom. The zero-order chi connectivity index (χ0) is 20.0. The first-order valence-electron chi connectivity index (χ1n) is 8.86. The fraction of sp³-hybridized carbons (Fsp3) is 0.100. The molecular formula is C20H15N5O2S2. The van der Waals surface area contributed by atoms with Crippen LogP contribution in [0.1, 0.15) is 5.69 Å². The summed E-state index contributed by atoms with van der Waals surface area (Å²) in [4.78, 5) is 37.7. The minimum atomic E-state index is -0.319. The summed E-state index contributed by atoms with van der Waals surface area (Å²) in [5, 5.41) is 8.63. The second-order valence-corrected chi connectivity index (χ2v) is 8.33. The number of para-hydroxylation sites is 1. The van der Waals surface area contributed by atoms with E-state index in [-0.39, 0.29) is 18.0 Å². The molecule has 0 unspecified atom stereocenters. The molecule has 0 spiro atoms. The number of thiophene rings is 1. The van der Waals surface area contributed by atoms with E-state index in [9.17, 15) is 9.59 Å². The molecule has 144 valence electrons. The van der Waals surface area contributed by atoms with Crippen LogP contribution >= 0.6 is 22.7 Å². The van der Waals surface area contributed by atoms with E-state index in [1.165, 1.54) is 33.6 Å². The molecule has 4 heterocycles. The van der Waals surface area contributed by atoms with E-state index in [0.717, 1.165) is 27.9 Å². The first-order valence-corrected chi connectivity index (χ1v) is 10.6. The van der Waals surface area contributed by atoms with Crippen molar-refractivity contribution in [3.63, 3.8) is 0 Å². The third kappa shape index (κ3) is 3.14. The van der Waals surface area contributed by atoms with Gasteiger partial charge in [0.1, 0.15) is 11.4 Å². The number of carbonyl (C=O) groups excluding carboxylic acids is 1. The van der Waals surface area contributed by atoms with Crippen molar-refractivity contribution in [2.24, 2.45) is 0 Å². The minimum absolute atomic E-state index is 0.112. The summed E-state index contributed by atoms with van der Waals surface area (Å²) in [6, 6.07) is 9.77. The van der Waals surface area contributed by atoms with Gasteiger partial charge in [0.05, 0.1) is 17.4 Å². The Balaban J connectivity index is 1.38. The van der Waals surface area contributed by atoms with Crippen LogP contribution in [0.5, 0.6) is 0 Å². The van der Waals surface area contributed by atoms with Gasteiger partial charge in [-0.1, -0.05) is 18.2 Å². The number of thiazole rings is 1. The van der Waals surface area contributed by atoms with Gasteiger partial charge < -0.3 is 10.3 Å².